The predicted molar refractivity (Wildman–Crippen MR) is 101 cm³/mol. The van der Waals surface area contributed by atoms with Crippen molar-refractivity contribution >= 4 is 0 Å². The lowest BCUT2D eigenvalue weighted by Gasteiger charge is -2.48. The lowest BCUT2D eigenvalue weighted by molar-refractivity contribution is -0.443. The molecule has 1 atom stereocenters. The molecule has 0 bridgehead atoms. The summed E-state index contributed by atoms with van der Waals surface area (Å²) >= 11 is 0. The van der Waals surface area contributed by atoms with Gasteiger partial charge in [0.05, 0.1) is 0 Å². The highest BCUT2D eigenvalue weighted by Crippen LogP contribution is 2.66. The third-order valence-electron chi connectivity index (χ3n) is 5.00. The van der Waals surface area contributed by atoms with Crippen molar-refractivity contribution in [3.63, 3.8) is 0 Å². The third-order valence-corrected chi connectivity index (χ3v) is 5.00. The summed E-state index contributed by atoms with van der Waals surface area (Å²) in [6, 6.07) is 0. The summed E-state index contributed by atoms with van der Waals surface area (Å²) in [7, 11) is 0. The van der Waals surface area contributed by atoms with Gasteiger partial charge in [-0.3, -0.25) is 0 Å². The van der Waals surface area contributed by atoms with Crippen LogP contribution in [0.25, 0.3) is 0 Å². The van der Waals surface area contributed by atoms with Crippen molar-refractivity contribution in [1.29, 1.82) is 0 Å². The molecule has 0 saturated carbocycles. The van der Waals surface area contributed by atoms with Crippen molar-refractivity contribution in [3.05, 3.63) is 0 Å². The second-order valence-electron chi connectivity index (χ2n) is 7.84. The molecular weight excluding hydrogens is 582 g/mol. The monoisotopic (exact) mass is 610 g/mol. The summed E-state index contributed by atoms with van der Waals surface area (Å²) in [6.07, 6.45) is -31.3. The van der Waals surface area contributed by atoms with Crippen LogP contribution in [0.5, 0.6) is 0 Å². The summed E-state index contributed by atoms with van der Waals surface area (Å²) in [6.45, 7) is 6.80. The Bertz CT molecular complexity index is 575. The zero-order valence-corrected chi connectivity index (χ0v) is 20.6. The Balaban J connectivity index is -0.00000104. The number of unbranched alkanes of at least 4 members (excludes halogenated alkanes) is 5. The van der Waals surface area contributed by atoms with Crippen LogP contribution in [0.4, 0.5) is 79.0 Å². The van der Waals surface area contributed by atoms with Gasteiger partial charge in [-0.15, -0.1) is 0 Å². The van der Waals surface area contributed by atoms with E-state index in [0.29, 0.717) is 0 Å². The first kappa shape index (κ1) is 41.2. The fourth-order valence-corrected chi connectivity index (χ4v) is 3.01. The highest BCUT2D eigenvalue weighted by atomic mass is 19.4. The average molecular weight is 610 g/mol. The molecule has 18 heteroatoms. The zero-order chi connectivity index (χ0) is 31.8. The van der Waals surface area contributed by atoms with Gasteiger partial charge in [-0.2, -0.15) is 65.9 Å². The Labute approximate surface area is 207 Å². The standard InChI is InChI=1S/C10H4F18.C8H18.C2H6/c1-3(11,6(14,15)16)2(4(12,7(17,18)19)8(20,21)22)5(13,9(23,24)25)10(26,27)28;1-3-5-7-8-6-4-2;1-2/h2H,1H3;3-8H2,1-2H3;1-2H3. The Morgan fingerprint density at radius 1 is 0.395 bits per heavy atom. The van der Waals surface area contributed by atoms with Crippen molar-refractivity contribution in [1.82, 2.24) is 0 Å². The Kier molecular flexibility index (Phi) is 15.1. The average Bonchev–Trinajstić information content (AvgIpc) is 2.69. The molecule has 0 aromatic carbocycles. The van der Waals surface area contributed by atoms with Crippen LogP contribution < -0.4 is 0 Å². The molecule has 0 rings (SSSR count). The van der Waals surface area contributed by atoms with Crippen LogP contribution in [0, 0.1) is 5.92 Å². The van der Waals surface area contributed by atoms with Gasteiger partial charge in [-0.25, -0.2) is 13.2 Å². The van der Waals surface area contributed by atoms with Gasteiger partial charge in [0.15, 0.2) is 0 Å². The van der Waals surface area contributed by atoms with E-state index in [4.69, 9.17) is 0 Å². The second kappa shape index (κ2) is 13.9. The van der Waals surface area contributed by atoms with Crippen LogP contribution in [0.1, 0.15) is 73.1 Å². The SMILES string of the molecule is CC.CC(F)(C(C(F)(C(F)(F)F)C(F)(F)F)C(F)(C(F)(F)F)C(F)(F)F)C(F)(F)F.CCCCCCCC. The number of hydrogen-bond acceptors (Lipinski definition) is 0. The normalized spacial score (nSPS) is 15.8. The van der Waals surface area contributed by atoms with E-state index >= 15 is 0 Å². The summed E-state index contributed by atoms with van der Waals surface area (Å²) in [5.41, 5.74) is -23.5. The van der Waals surface area contributed by atoms with Gasteiger partial charge in [-0.1, -0.05) is 66.2 Å². The molecule has 0 aliphatic rings. The molecule has 0 radical (unpaired) electrons. The number of alkyl halides is 18. The fraction of sp³-hybridized carbons (Fsp3) is 1.00. The van der Waals surface area contributed by atoms with Gasteiger partial charge < -0.3 is 0 Å². The summed E-state index contributed by atoms with van der Waals surface area (Å²) in [4.78, 5) is 0. The van der Waals surface area contributed by atoms with Gasteiger partial charge in [0.25, 0.3) is 0 Å². The topological polar surface area (TPSA) is 0 Å². The molecule has 0 aliphatic heterocycles. The molecular formula is C20H28F18. The van der Waals surface area contributed by atoms with Gasteiger partial charge in [0.1, 0.15) is 5.92 Å². The molecule has 0 amide bonds. The van der Waals surface area contributed by atoms with Crippen LogP contribution >= 0.6 is 0 Å². The van der Waals surface area contributed by atoms with Crippen molar-refractivity contribution in [2.45, 2.75) is 121 Å². The summed E-state index contributed by atoms with van der Waals surface area (Å²) in [5, 5.41) is 0. The second-order valence-corrected chi connectivity index (χ2v) is 7.84. The molecule has 0 heterocycles. The molecule has 0 aromatic heterocycles. The van der Waals surface area contributed by atoms with Gasteiger partial charge in [-0.05, 0) is 6.92 Å². The lowest BCUT2D eigenvalue weighted by atomic mass is 9.66. The minimum absolute atomic E-state index is 1.36. The largest absolute Gasteiger partial charge is 0.432 e. The first-order valence-corrected chi connectivity index (χ1v) is 10.9. The summed E-state index contributed by atoms with van der Waals surface area (Å²) < 4.78 is 230. The highest BCUT2D eigenvalue weighted by Gasteiger charge is 2.93. The van der Waals surface area contributed by atoms with Gasteiger partial charge in [0.2, 0.25) is 5.67 Å². The molecule has 0 fully saturated rings. The Morgan fingerprint density at radius 3 is 0.737 bits per heavy atom. The minimum Gasteiger partial charge on any atom is -0.234 e. The van der Waals surface area contributed by atoms with Crippen LogP contribution in [0.15, 0.2) is 0 Å². The van der Waals surface area contributed by atoms with Crippen LogP contribution in [0.3, 0.4) is 0 Å². The maximum absolute atomic E-state index is 13.8. The fourth-order valence-electron chi connectivity index (χ4n) is 3.01. The highest BCUT2D eigenvalue weighted by molar-refractivity contribution is 5.19. The van der Waals surface area contributed by atoms with Crippen molar-refractivity contribution < 1.29 is 79.0 Å². The zero-order valence-electron chi connectivity index (χ0n) is 20.6. The molecule has 0 aliphatic carbocycles. The first-order valence-electron chi connectivity index (χ1n) is 10.9. The van der Waals surface area contributed by atoms with E-state index in [-0.39, 0.29) is 0 Å². The van der Waals surface area contributed by atoms with Crippen molar-refractivity contribution in [2.75, 3.05) is 0 Å². The van der Waals surface area contributed by atoms with E-state index < -0.39 is 60.7 Å². The molecule has 0 spiro atoms. The van der Waals surface area contributed by atoms with Gasteiger partial charge >= 0.3 is 42.2 Å². The van der Waals surface area contributed by atoms with E-state index in [1.54, 1.807) is 0 Å². The van der Waals surface area contributed by atoms with Crippen LogP contribution in [-0.4, -0.2) is 47.9 Å². The Morgan fingerprint density at radius 2 is 0.605 bits per heavy atom. The predicted octanol–water partition coefficient (Wildman–Crippen LogP) is 11.0. The molecule has 0 aromatic rings. The van der Waals surface area contributed by atoms with Gasteiger partial charge in [0, 0.05) is 0 Å². The van der Waals surface area contributed by atoms with Crippen molar-refractivity contribution in [3.8, 4) is 0 Å². The molecule has 38 heavy (non-hydrogen) atoms. The van der Waals surface area contributed by atoms with Crippen LogP contribution in [-0.2, 0) is 0 Å². The van der Waals surface area contributed by atoms with E-state index in [9.17, 15) is 79.0 Å². The Hall–Kier alpha value is -1.26. The van der Waals surface area contributed by atoms with E-state index in [0.717, 1.165) is 0 Å². The van der Waals surface area contributed by atoms with E-state index in [2.05, 4.69) is 13.8 Å². The molecule has 0 N–H and O–H groups in total. The minimum atomic E-state index is -8.28. The molecule has 234 valence electrons. The number of rotatable bonds is 8. The number of halogens is 18. The summed E-state index contributed by atoms with van der Waals surface area (Å²) in [5.74, 6) is -7.10. The number of hydrogen-bond donors (Lipinski definition) is 0. The maximum Gasteiger partial charge on any atom is 0.432 e. The van der Waals surface area contributed by atoms with E-state index in [1.165, 1.54) is 38.5 Å². The van der Waals surface area contributed by atoms with Crippen LogP contribution in [0.2, 0.25) is 0 Å². The smallest absolute Gasteiger partial charge is 0.234 e. The quantitative estimate of drug-likeness (QED) is 0.190. The molecule has 0 saturated heterocycles. The molecule has 0 nitrogen and oxygen atoms in total. The van der Waals surface area contributed by atoms with E-state index in [1.807, 2.05) is 13.8 Å². The lowest BCUT2D eigenvalue weighted by Crippen LogP contribution is -2.76. The third kappa shape index (κ3) is 8.88. The molecule has 1 unspecified atom stereocenters. The van der Waals surface area contributed by atoms with Crippen molar-refractivity contribution in [2.24, 2.45) is 5.92 Å². The first-order chi connectivity index (χ1) is 16.5. The maximum atomic E-state index is 13.8.